The third-order valence-corrected chi connectivity index (χ3v) is 4.87. The average molecular weight is 306 g/mol. The van der Waals surface area contributed by atoms with Crippen LogP contribution in [0.5, 0.6) is 0 Å². The minimum Gasteiger partial charge on any atom is -0.217 e. The van der Waals surface area contributed by atoms with Crippen LogP contribution in [0.1, 0.15) is 37.6 Å². The van der Waals surface area contributed by atoms with E-state index in [-0.39, 0.29) is 0 Å². The van der Waals surface area contributed by atoms with Crippen molar-refractivity contribution in [3.05, 3.63) is 40.5 Å². The van der Waals surface area contributed by atoms with Gasteiger partial charge < -0.3 is 0 Å². The first-order chi connectivity index (χ1) is 9.71. The minimum absolute atomic E-state index is 0.542. The Morgan fingerprint density at radius 1 is 1.20 bits per heavy atom. The molecule has 3 aromatic rings. The highest BCUT2D eigenvalue weighted by molar-refractivity contribution is 7.16. The fourth-order valence-corrected chi connectivity index (χ4v) is 3.55. The van der Waals surface area contributed by atoms with Crippen molar-refractivity contribution < 1.29 is 0 Å². The zero-order valence-corrected chi connectivity index (χ0v) is 13.1. The second kappa shape index (κ2) is 5.54. The number of rotatable bonds is 4. The normalized spacial score (nSPS) is 11.6. The minimum atomic E-state index is 0.542. The molecule has 3 rings (SSSR count). The van der Waals surface area contributed by atoms with E-state index in [4.69, 9.17) is 11.6 Å². The maximum Gasteiger partial charge on any atom is 0.212 e. The first-order valence-electron chi connectivity index (χ1n) is 6.83. The largest absolute Gasteiger partial charge is 0.217 e. The topological polar surface area (TPSA) is 30.2 Å². The van der Waals surface area contributed by atoms with Crippen LogP contribution in [0.25, 0.3) is 16.2 Å². The van der Waals surface area contributed by atoms with Gasteiger partial charge in [-0.05, 0) is 25.0 Å². The number of aromatic nitrogens is 3. The Labute approximate surface area is 127 Å². The van der Waals surface area contributed by atoms with Crippen LogP contribution in [0.4, 0.5) is 0 Å². The van der Waals surface area contributed by atoms with Crippen molar-refractivity contribution in [2.75, 3.05) is 0 Å². The summed E-state index contributed by atoms with van der Waals surface area (Å²) < 4.78 is 1.89. The van der Waals surface area contributed by atoms with Gasteiger partial charge in [0.05, 0.1) is 11.9 Å². The number of benzene rings is 1. The monoisotopic (exact) mass is 305 g/mol. The molecule has 2 heterocycles. The summed E-state index contributed by atoms with van der Waals surface area (Å²) in [7, 11) is 0. The molecule has 2 aromatic heterocycles. The average Bonchev–Trinajstić information content (AvgIpc) is 2.99. The van der Waals surface area contributed by atoms with Gasteiger partial charge in [-0.25, -0.2) is 9.50 Å². The van der Waals surface area contributed by atoms with E-state index in [1.165, 1.54) is 5.01 Å². The lowest BCUT2D eigenvalue weighted by atomic mass is 10.1. The van der Waals surface area contributed by atoms with E-state index in [9.17, 15) is 0 Å². The van der Waals surface area contributed by atoms with Crippen molar-refractivity contribution in [3.63, 3.8) is 0 Å². The molecular formula is C15H16ClN3S. The standard InChI is InChI=1S/C15H16ClN3S/c1-3-10(4-2)14-18-19-9-13(17-15(19)20-14)11-5-7-12(16)8-6-11/h5-10H,3-4H2,1-2H3. The highest BCUT2D eigenvalue weighted by Gasteiger charge is 2.15. The second-order valence-electron chi connectivity index (χ2n) is 4.81. The molecule has 0 unspecified atom stereocenters. The molecule has 0 aliphatic heterocycles. The zero-order chi connectivity index (χ0) is 14.1. The summed E-state index contributed by atoms with van der Waals surface area (Å²) in [5.41, 5.74) is 2.01. The molecule has 0 N–H and O–H groups in total. The lowest BCUT2D eigenvalue weighted by Gasteiger charge is -2.05. The number of nitrogens with zero attached hydrogens (tertiary/aromatic N) is 3. The van der Waals surface area contributed by atoms with Crippen molar-refractivity contribution >= 4 is 27.9 Å². The number of imidazole rings is 1. The van der Waals surface area contributed by atoms with Crippen LogP contribution in [0, 0.1) is 0 Å². The highest BCUT2D eigenvalue weighted by Crippen LogP contribution is 2.29. The highest BCUT2D eigenvalue weighted by atomic mass is 35.5. The predicted molar refractivity (Wildman–Crippen MR) is 84.6 cm³/mol. The van der Waals surface area contributed by atoms with Gasteiger partial charge in [-0.2, -0.15) is 5.10 Å². The summed E-state index contributed by atoms with van der Waals surface area (Å²) in [5.74, 6) is 0.542. The van der Waals surface area contributed by atoms with Crippen molar-refractivity contribution in [2.45, 2.75) is 32.6 Å². The maximum atomic E-state index is 5.91. The van der Waals surface area contributed by atoms with Crippen LogP contribution >= 0.6 is 22.9 Å². The molecule has 0 saturated heterocycles. The number of hydrogen-bond donors (Lipinski definition) is 0. The van der Waals surface area contributed by atoms with Crippen LogP contribution < -0.4 is 0 Å². The third-order valence-electron chi connectivity index (χ3n) is 3.53. The smallest absolute Gasteiger partial charge is 0.212 e. The van der Waals surface area contributed by atoms with Gasteiger partial charge in [-0.1, -0.05) is 48.9 Å². The Bertz CT molecular complexity index is 679. The Kier molecular flexibility index (Phi) is 3.76. The van der Waals surface area contributed by atoms with Crippen LogP contribution in [0.3, 0.4) is 0 Å². The van der Waals surface area contributed by atoms with Crippen LogP contribution in [-0.2, 0) is 0 Å². The van der Waals surface area contributed by atoms with E-state index in [0.717, 1.165) is 34.1 Å². The van der Waals surface area contributed by atoms with E-state index >= 15 is 0 Å². The summed E-state index contributed by atoms with van der Waals surface area (Å²) in [5, 5.41) is 6.59. The number of hydrogen-bond acceptors (Lipinski definition) is 3. The Balaban J connectivity index is 1.96. The van der Waals surface area contributed by atoms with E-state index < -0.39 is 0 Å². The van der Waals surface area contributed by atoms with Crippen molar-refractivity contribution in [2.24, 2.45) is 0 Å². The summed E-state index contributed by atoms with van der Waals surface area (Å²) in [6, 6.07) is 7.73. The fraction of sp³-hybridized carbons (Fsp3) is 0.333. The summed E-state index contributed by atoms with van der Waals surface area (Å²) in [6.45, 7) is 4.41. The Morgan fingerprint density at radius 3 is 2.50 bits per heavy atom. The van der Waals surface area contributed by atoms with Crippen LogP contribution in [-0.4, -0.2) is 14.6 Å². The zero-order valence-electron chi connectivity index (χ0n) is 11.5. The first-order valence-corrected chi connectivity index (χ1v) is 8.02. The Hall–Kier alpha value is -1.39. The van der Waals surface area contributed by atoms with Gasteiger partial charge in [0.1, 0.15) is 5.01 Å². The number of fused-ring (bicyclic) bond motifs is 1. The summed E-state index contributed by atoms with van der Waals surface area (Å²) >= 11 is 7.60. The molecule has 0 aliphatic carbocycles. The quantitative estimate of drug-likeness (QED) is 0.678. The molecule has 0 aliphatic rings. The summed E-state index contributed by atoms with van der Waals surface area (Å²) in [6.07, 6.45) is 4.23. The molecule has 0 amide bonds. The van der Waals surface area contributed by atoms with Gasteiger partial charge in [0.15, 0.2) is 0 Å². The molecule has 0 bridgehead atoms. The van der Waals surface area contributed by atoms with Gasteiger partial charge in [0.25, 0.3) is 0 Å². The molecule has 5 heteroatoms. The predicted octanol–water partition coefficient (Wildman–Crippen LogP) is 5.01. The fourth-order valence-electron chi connectivity index (χ4n) is 2.28. The molecule has 0 atom stereocenters. The SMILES string of the molecule is CCC(CC)c1nn2cc(-c3ccc(Cl)cc3)nc2s1. The maximum absolute atomic E-state index is 5.91. The third kappa shape index (κ3) is 2.45. The van der Waals surface area contributed by atoms with E-state index in [2.05, 4.69) is 23.9 Å². The molecule has 0 radical (unpaired) electrons. The molecule has 3 nitrogen and oxygen atoms in total. The van der Waals surface area contributed by atoms with Crippen molar-refractivity contribution in [1.29, 1.82) is 0 Å². The van der Waals surface area contributed by atoms with Gasteiger partial charge in [-0.15, -0.1) is 0 Å². The van der Waals surface area contributed by atoms with Gasteiger partial charge in [0.2, 0.25) is 4.96 Å². The van der Waals surface area contributed by atoms with E-state index in [1.807, 2.05) is 35.0 Å². The van der Waals surface area contributed by atoms with Crippen molar-refractivity contribution in [3.8, 4) is 11.3 Å². The van der Waals surface area contributed by atoms with Crippen molar-refractivity contribution in [1.82, 2.24) is 14.6 Å². The van der Waals surface area contributed by atoms with Gasteiger partial charge >= 0.3 is 0 Å². The van der Waals surface area contributed by atoms with E-state index in [1.54, 1.807) is 11.3 Å². The van der Waals surface area contributed by atoms with Crippen LogP contribution in [0.15, 0.2) is 30.5 Å². The molecule has 1 aromatic carbocycles. The molecule has 104 valence electrons. The number of halogens is 1. The lowest BCUT2D eigenvalue weighted by molar-refractivity contribution is 0.626. The van der Waals surface area contributed by atoms with Gasteiger partial charge in [0, 0.05) is 16.5 Å². The molecule has 0 spiro atoms. The second-order valence-corrected chi connectivity index (χ2v) is 6.24. The Morgan fingerprint density at radius 2 is 1.90 bits per heavy atom. The molecule has 0 saturated carbocycles. The molecule has 20 heavy (non-hydrogen) atoms. The summed E-state index contributed by atoms with van der Waals surface area (Å²) in [4.78, 5) is 5.62. The van der Waals surface area contributed by atoms with Gasteiger partial charge in [-0.3, -0.25) is 0 Å². The molecule has 0 fully saturated rings. The molecular weight excluding hydrogens is 290 g/mol. The van der Waals surface area contributed by atoms with E-state index in [0.29, 0.717) is 5.92 Å². The first kappa shape index (κ1) is 13.6. The lowest BCUT2D eigenvalue weighted by Crippen LogP contribution is -1.95. The van der Waals surface area contributed by atoms with Crippen LogP contribution in [0.2, 0.25) is 5.02 Å².